The molecule has 1 atom stereocenters. The molecule has 0 rings (SSSR count). The van der Waals surface area contributed by atoms with Crippen molar-refractivity contribution in [3.63, 3.8) is 0 Å². The molecule has 0 spiro atoms. The summed E-state index contributed by atoms with van der Waals surface area (Å²) < 4.78 is 16.9. The van der Waals surface area contributed by atoms with Gasteiger partial charge in [-0.15, -0.1) is 0 Å². The van der Waals surface area contributed by atoms with Crippen LogP contribution in [0.1, 0.15) is 342 Å². The summed E-state index contributed by atoms with van der Waals surface area (Å²) >= 11 is 0. The number of carbonyl (C=O) groups excluding carboxylic acids is 3. The van der Waals surface area contributed by atoms with Crippen LogP contribution in [0.5, 0.6) is 0 Å². The first-order chi connectivity index (χ1) is 35.0. The van der Waals surface area contributed by atoms with Crippen molar-refractivity contribution in [2.24, 2.45) is 0 Å². The van der Waals surface area contributed by atoms with E-state index in [1.165, 1.54) is 238 Å². The maximum Gasteiger partial charge on any atom is 0.306 e. The van der Waals surface area contributed by atoms with Gasteiger partial charge in [-0.1, -0.05) is 263 Å². The monoisotopic (exact) mass is 997 g/mol. The molecule has 71 heavy (non-hydrogen) atoms. The minimum Gasteiger partial charge on any atom is -0.462 e. The Bertz CT molecular complexity index is 1190. The zero-order valence-corrected chi connectivity index (χ0v) is 47.8. The molecule has 0 aromatic carbocycles. The number of esters is 3. The van der Waals surface area contributed by atoms with Gasteiger partial charge < -0.3 is 14.2 Å². The van der Waals surface area contributed by atoms with E-state index in [1.807, 2.05) is 0 Å². The maximum absolute atomic E-state index is 12.9. The van der Waals surface area contributed by atoms with Gasteiger partial charge in [0.2, 0.25) is 0 Å². The van der Waals surface area contributed by atoms with Crippen LogP contribution in [0.4, 0.5) is 0 Å². The van der Waals surface area contributed by atoms with Gasteiger partial charge in [0.25, 0.3) is 0 Å². The van der Waals surface area contributed by atoms with Crippen LogP contribution in [0.25, 0.3) is 0 Å². The third-order valence-corrected chi connectivity index (χ3v) is 14.1. The van der Waals surface area contributed by atoms with Crippen molar-refractivity contribution in [3.05, 3.63) is 36.5 Å². The Morgan fingerprint density at radius 2 is 0.465 bits per heavy atom. The molecule has 0 aromatic heterocycles. The summed E-state index contributed by atoms with van der Waals surface area (Å²) in [6.45, 7) is 6.67. The maximum atomic E-state index is 12.9. The third-order valence-electron chi connectivity index (χ3n) is 14.1. The summed E-state index contributed by atoms with van der Waals surface area (Å²) in [5.74, 6) is -0.866. The molecule has 6 nitrogen and oxygen atoms in total. The van der Waals surface area contributed by atoms with E-state index in [1.54, 1.807) is 0 Å². The lowest BCUT2D eigenvalue weighted by atomic mass is 10.1. The highest BCUT2D eigenvalue weighted by Gasteiger charge is 2.19. The summed E-state index contributed by atoms with van der Waals surface area (Å²) in [5, 5.41) is 0. The second kappa shape index (κ2) is 60.2. The summed E-state index contributed by atoms with van der Waals surface area (Å²) in [7, 11) is 0. The highest BCUT2D eigenvalue weighted by atomic mass is 16.6. The molecular formula is C65H120O6. The first-order valence-electron chi connectivity index (χ1n) is 31.5. The summed E-state index contributed by atoms with van der Waals surface area (Å²) in [5.41, 5.74) is 0. The smallest absolute Gasteiger partial charge is 0.306 e. The van der Waals surface area contributed by atoms with Crippen LogP contribution in [-0.4, -0.2) is 37.2 Å². The van der Waals surface area contributed by atoms with Crippen molar-refractivity contribution in [2.45, 2.75) is 348 Å². The molecule has 0 bridgehead atoms. The number of ether oxygens (including phenoxy) is 3. The van der Waals surface area contributed by atoms with Gasteiger partial charge in [-0.25, -0.2) is 0 Å². The second-order valence-corrected chi connectivity index (χ2v) is 21.3. The van der Waals surface area contributed by atoms with Gasteiger partial charge in [-0.05, 0) is 96.3 Å². The number of unbranched alkanes of at least 4 members (excludes halogenated alkanes) is 41. The zero-order valence-electron chi connectivity index (χ0n) is 47.8. The standard InChI is InChI=1S/C65H120O6/c1-4-7-10-13-16-19-22-25-28-30-32-34-37-40-43-46-49-52-55-58-64(67)70-61-62(60-69-63(66)57-54-51-48-45-42-39-36-27-24-21-18-15-12-9-6-3)71-65(68)59-56-53-50-47-44-41-38-35-33-31-29-26-23-20-17-14-11-8-5-2/h25-29,36,62H,4-24,30-35,37-61H2,1-3H3/b28-25-,29-26-,36-27-/t62-/m1/s1. The largest absolute Gasteiger partial charge is 0.462 e. The van der Waals surface area contributed by atoms with Crippen molar-refractivity contribution in [2.75, 3.05) is 13.2 Å². The lowest BCUT2D eigenvalue weighted by molar-refractivity contribution is -0.167. The first kappa shape index (κ1) is 68.6. The van der Waals surface area contributed by atoms with E-state index in [9.17, 15) is 14.4 Å². The molecular weight excluding hydrogens is 877 g/mol. The van der Waals surface area contributed by atoms with Gasteiger partial charge in [0.05, 0.1) is 0 Å². The van der Waals surface area contributed by atoms with Crippen LogP contribution < -0.4 is 0 Å². The highest BCUT2D eigenvalue weighted by Crippen LogP contribution is 2.16. The molecule has 0 fully saturated rings. The predicted molar refractivity (Wildman–Crippen MR) is 307 cm³/mol. The van der Waals surface area contributed by atoms with Gasteiger partial charge in [-0.2, -0.15) is 0 Å². The highest BCUT2D eigenvalue weighted by molar-refractivity contribution is 5.71. The normalized spacial score (nSPS) is 12.2. The molecule has 0 aliphatic carbocycles. The molecule has 0 amide bonds. The predicted octanol–water partition coefficient (Wildman–Crippen LogP) is 21.2. The molecule has 0 aromatic rings. The van der Waals surface area contributed by atoms with Crippen molar-refractivity contribution < 1.29 is 28.6 Å². The Kier molecular flexibility index (Phi) is 58.2. The van der Waals surface area contributed by atoms with Gasteiger partial charge in [-0.3, -0.25) is 14.4 Å². The lowest BCUT2D eigenvalue weighted by Gasteiger charge is -2.18. The quantitative estimate of drug-likeness (QED) is 0.0261. The molecule has 6 heteroatoms. The number of rotatable bonds is 58. The number of hydrogen-bond donors (Lipinski definition) is 0. The molecule has 0 saturated carbocycles. The van der Waals surface area contributed by atoms with Gasteiger partial charge >= 0.3 is 17.9 Å². The number of carbonyl (C=O) groups is 3. The second-order valence-electron chi connectivity index (χ2n) is 21.3. The van der Waals surface area contributed by atoms with Crippen molar-refractivity contribution in [1.29, 1.82) is 0 Å². The van der Waals surface area contributed by atoms with Gasteiger partial charge in [0.15, 0.2) is 6.10 Å². The topological polar surface area (TPSA) is 78.9 Å². The van der Waals surface area contributed by atoms with E-state index in [4.69, 9.17) is 14.2 Å². The van der Waals surface area contributed by atoms with E-state index in [0.717, 1.165) is 64.2 Å². The number of hydrogen-bond acceptors (Lipinski definition) is 6. The summed E-state index contributed by atoms with van der Waals surface area (Å²) in [6.07, 6.45) is 72.8. The van der Waals surface area contributed by atoms with Crippen molar-refractivity contribution in [1.82, 2.24) is 0 Å². The van der Waals surface area contributed by atoms with Gasteiger partial charge in [0.1, 0.15) is 13.2 Å². The molecule has 0 aliphatic rings. The number of allylic oxidation sites excluding steroid dienone is 6. The van der Waals surface area contributed by atoms with Crippen LogP contribution >= 0.6 is 0 Å². The molecule has 0 radical (unpaired) electrons. The molecule has 0 heterocycles. The average Bonchev–Trinajstić information content (AvgIpc) is 3.37. The van der Waals surface area contributed by atoms with E-state index < -0.39 is 6.10 Å². The SMILES string of the molecule is CCCCCCCC/C=C\CCCCCCCCCCCC(=O)OC[C@@H](COC(=O)CCCCCCC/C=C\CCCCCCCC)OC(=O)CCCCCCCCCCC/C=C\CCCCCCCC. The van der Waals surface area contributed by atoms with Crippen LogP contribution in [0.3, 0.4) is 0 Å². The minimum atomic E-state index is -0.776. The summed E-state index contributed by atoms with van der Waals surface area (Å²) in [6, 6.07) is 0. The fraction of sp³-hybridized carbons (Fsp3) is 0.862. The third kappa shape index (κ3) is 58.4. The minimum absolute atomic E-state index is 0.0738. The average molecular weight is 998 g/mol. The fourth-order valence-corrected chi connectivity index (χ4v) is 9.31. The van der Waals surface area contributed by atoms with Crippen molar-refractivity contribution in [3.8, 4) is 0 Å². The first-order valence-corrected chi connectivity index (χ1v) is 31.5. The van der Waals surface area contributed by atoms with E-state index in [2.05, 4.69) is 57.2 Å². The molecule has 0 unspecified atom stereocenters. The van der Waals surface area contributed by atoms with Crippen LogP contribution in [0.15, 0.2) is 36.5 Å². The molecule has 416 valence electrons. The van der Waals surface area contributed by atoms with Crippen LogP contribution in [-0.2, 0) is 28.6 Å². The van der Waals surface area contributed by atoms with E-state index in [-0.39, 0.29) is 31.1 Å². The molecule has 0 aliphatic heterocycles. The zero-order chi connectivity index (χ0) is 51.4. The Morgan fingerprint density at radius 3 is 0.704 bits per heavy atom. The van der Waals surface area contributed by atoms with E-state index >= 15 is 0 Å². The van der Waals surface area contributed by atoms with Gasteiger partial charge in [0, 0.05) is 19.3 Å². The summed E-state index contributed by atoms with van der Waals surface area (Å²) in [4.78, 5) is 38.3. The Labute approximate surface area is 442 Å². The van der Waals surface area contributed by atoms with Crippen molar-refractivity contribution >= 4 is 17.9 Å². The Morgan fingerprint density at radius 1 is 0.268 bits per heavy atom. The van der Waals surface area contributed by atoms with Crippen LogP contribution in [0, 0.1) is 0 Å². The van der Waals surface area contributed by atoms with E-state index in [0.29, 0.717) is 19.3 Å². The lowest BCUT2D eigenvalue weighted by Crippen LogP contribution is -2.30. The Hall–Kier alpha value is -2.37. The Balaban J connectivity index is 4.34. The van der Waals surface area contributed by atoms with Crippen LogP contribution in [0.2, 0.25) is 0 Å². The fourth-order valence-electron chi connectivity index (χ4n) is 9.31. The molecule has 0 saturated heterocycles. The molecule has 0 N–H and O–H groups in total.